The van der Waals surface area contributed by atoms with Gasteiger partial charge in [0.2, 0.25) is 0 Å². The van der Waals surface area contributed by atoms with Gasteiger partial charge < -0.3 is 9.47 Å². The average Bonchev–Trinajstić information content (AvgIpc) is 2.25. The molecule has 0 unspecified atom stereocenters. The van der Waals surface area contributed by atoms with Crippen LogP contribution in [-0.2, 0) is 4.79 Å². The number of alkyl halides is 2. The molecular weight excluding hydrogens is 230 g/mol. The zero-order valence-electron chi connectivity index (χ0n) is 9.44. The van der Waals surface area contributed by atoms with E-state index in [0.717, 1.165) is 0 Å². The molecule has 0 fully saturated rings. The zero-order chi connectivity index (χ0) is 12.8. The third-order valence-electron chi connectivity index (χ3n) is 1.91. The highest BCUT2D eigenvalue weighted by molar-refractivity contribution is 5.91. The monoisotopic (exact) mass is 242 g/mol. The summed E-state index contributed by atoms with van der Waals surface area (Å²) in [4.78, 5) is 10.7. The molecule has 0 radical (unpaired) electrons. The van der Waals surface area contributed by atoms with Crippen molar-refractivity contribution in [2.45, 2.75) is 13.5 Å². The predicted molar refractivity (Wildman–Crippen MR) is 59.3 cm³/mol. The molecule has 0 aliphatic rings. The smallest absolute Gasteiger partial charge is 0.387 e. The van der Waals surface area contributed by atoms with Crippen LogP contribution in [-0.4, -0.2) is 19.5 Å². The topological polar surface area (TPSA) is 35.5 Å². The molecule has 0 saturated carbocycles. The number of methoxy groups -OCH3 is 1. The van der Waals surface area contributed by atoms with Crippen LogP contribution >= 0.6 is 0 Å². The van der Waals surface area contributed by atoms with E-state index in [1.165, 1.54) is 38.3 Å². The van der Waals surface area contributed by atoms with Gasteiger partial charge in [0.1, 0.15) is 0 Å². The number of rotatable bonds is 5. The van der Waals surface area contributed by atoms with Crippen LogP contribution in [0.3, 0.4) is 0 Å². The summed E-state index contributed by atoms with van der Waals surface area (Å²) in [5, 5.41) is 0. The second-order valence-electron chi connectivity index (χ2n) is 3.23. The molecule has 1 rings (SSSR count). The van der Waals surface area contributed by atoms with Gasteiger partial charge in [-0.15, -0.1) is 0 Å². The number of ketones is 1. The van der Waals surface area contributed by atoms with Crippen molar-refractivity contribution in [3.05, 3.63) is 29.8 Å². The number of carbonyl (C=O) groups is 1. The number of hydrogen-bond acceptors (Lipinski definition) is 3. The fourth-order valence-corrected chi connectivity index (χ4v) is 1.20. The molecule has 3 nitrogen and oxygen atoms in total. The van der Waals surface area contributed by atoms with Crippen LogP contribution in [0.5, 0.6) is 11.5 Å². The van der Waals surface area contributed by atoms with Crippen molar-refractivity contribution in [1.29, 1.82) is 0 Å². The minimum absolute atomic E-state index is 0.0618. The van der Waals surface area contributed by atoms with Gasteiger partial charge in [-0.2, -0.15) is 8.78 Å². The molecule has 1 aromatic rings. The molecule has 0 bridgehead atoms. The fourth-order valence-electron chi connectivity index (χ4n) is 1.20. The molecule has 0 aromatic heterocycles. The van der Waals surface area contributed by atoms with Gasteiger partial charge >= 0.3 is 6.61 Å². The minimum Gasteiger partial charge on any atom is -0.493 e. The summed E-state index contributed by atoms with van der Waals surface area (Å²) in [5.74, 6) is 0.0237. The van der Waals surface area contributed by atoms with E-state index in [2.05, 4.69) is 4.74 Å². The van der Waals surface area contributed by atoms with Crippen molar-refractivity contribution in [2.24, 2.45) is 0 Å². The lowest BCUT2D eigenvalue weighted by molar-refractivity contribution is -0.112. The summed E-state index contributed by atoms with van der Waals surface area (Å²) >= 11 is 0. The lowest BCUT2D eigenvalue weighted by Gasteiger charge is -2.10. The Morgan fingerprint density at radius 3 is 2.59 bits per heavy atom. The first-order valence-electron chi connectivity index (χ1n) is 4.84. The second-order valence-corrected chi connectivity index (χ2v) is 3.23. The molecule has 0 amide bonds. The number of carbonyl (C=O) groups excluding carboxylic acids is 1. The second kappa shape index (κ2) is 5.98. The predicted octanol–water partition coefficient (Wildman–Crippen LogP) is 2.90. The Labute approximate surface area is 97.7 Å². The van der Waals surface area contributed by atoms with Crippen LogP contribution in [0.2, 0.25) is 0 Å². The Hall–Kier alpha value is -1.91. The van der Waals surface area contributed by atoms with Crippen LogP contribution in [0.25, 0.3) is 6.08 Å². The van der Waals surface area contributed by atoms with E-state index in [1.807, 2.05) is 0 Å². The Morgan fingerprint density at radius 1 is 1.35 bits per heavy atom. The average molecular weight is 242 g/mol. The van der Waals surface area contributed by atoms with Gasteiger partial charge in [0.15, 0.2) is 17.3 Å². The quantitative estimate of drug-likeness (QED) is 0.745. The van der Waals surface area contributed by atoms with E-state index in [1.54, 1.807) is 6.07 Å². The van der Waals surface area contributed by atoms with Crippen LogP contribution in [0, 0.1) is 0 Å². The van der Waals surface area contributed by atoms with Crippen molar-refractivity contribution in [3.8, 4) is 11.5 Å². The van der Waals surface area contributed by atoms with E-state index in [0.29, 0.717) is 5.56 Å². The van der Waals surface area contributed by atoms with Gasteiger partial charge in [-0.25, -0.2) is 0 Å². The molecule has 0 spiro atoms. The molecule has 1 aromatic carbocycles. The van der Waals surface area contributed by atoms with Gasteiger partial charge in [-0.1, -0.05) is 12.1 Å². The fraction of sp³-hybridized carbons (Fsp3) is 0.250. The maximum absolute atomic E-state index is 12.1. The van der Waals surface area contributed by atoms with Crippen molar-refractivity contribution in [1.82, 2.24) is 0 Å². The molecule has 0 saturated heterocycles. The lowest BCUT2D eigenvalue weighted by atomic mass is 10.2. The van der Waals surface area contributed by atoms with E-state index in [9.17, 15) is 13.6 Å². The number of halogens is 2. The summed E-state index contributed by atoms with van der Waals surface area (Å²) in [6, 6.07) is 4.51. The van der Waals surface area contributed by atoms with Crippen LogP contribution in [0.4, 0.5) is 8.78 Å². The van der Waals surface area contributed by atoms with Crippen molar-refractivity contribution in [3.63, 3.8) is 0 Å². The number of hydrogen-bond donors (Lipinski definition) is 0. The minimum atomic E-state index is -2.92. The van der Waals surface area contributed by atoms with Gasteiger partial charge in [0, 0.05) is 0 Å². The Bertz CT molecular complexity index is 428. The molecule has 0 heterocycles. The lowest BCUT2D eigenvalue weighted by Crippen LogP contribution is -2.03. The van der Waals surface area contributed by atoms with Crippen LogP contribution in [0.1, 0.15) is 12.5 Å². The van der Waals surface area contributed by atoms with Gasteiger partial charge in [-0.3, -0.25) is 4.79 Å². The van der Waals surface area contributed by atoms with Gasteiger partial charge in [0.25, 0.3) is 0 Å². The van der Waals surface area contributed by atoms with Crippen LogP contribution < -0.4 is 9.47 Å². The van der Waals surface area contributed by atoms with Gasteiger partial charge in [-0.05, 0) is 30.7 Å². The molecule has 0 aliphatic carbocycles. The third-order valence-corrected chi connectivity index (χ3v) is 1.91. The highest BCUT2D eigenvalue weighted by Crippen LogP contribution is 2.29. The maximum atomic E-state index is 12.1. The molecule has 5 heteroatoms. The standard InChI is InChI=1S/C12H12F2O3/c1-8(15)3-4-9-5-6-10(16-2)11(7-9)17-12(13)14/h3-7,12H,1-2H3. The molecular formula is C12H12F2O3. The molecule has 17 heavy (non-hydrogen) atoms. The first-order valence-corrected chi connectivity index (χ1v) is 4.84. The van der Waals surface area contributed by atoms with E-state index >= 15 is 0 Å². The summed E-state index contributed by atoms with van der Waals surface area (Å²) in [6.45, 7) is -1.52. The Balaban J connectivity index is 2.99. The molecule has 0 aliphatic heterocycles. The maximum Gasteiger partial charge on any atom is 0.387 e. The first kappa shape index (κ1) is 13.2. The number of ether oxygens (including phenoxy) is 2. The Kier molecular flexibility index (Phi) is 4.63. The summed E-state index contributed by atoms with van der Waals surface area (Å²) < 4.78 is 33.4. The SMILES string of the molecule is COc1ccc(C=CC(C)=O)cc1OC(F)F. The summed E-state index contributed by atoms with van der Waals surface area (Å²) in [7, 11) is 1.36. The van der Waals surface area contributed by atoms with Crippen molar-refractivity contribution < 1.29 is 23.0 Å². The van der Waals surface area contributed by atoms with Gasteiger partial charge in [0.05, 0.1) is 7.11 Å². The third kappa shape index (κ3) is 4.22. The van der Waals surface area contributed by atoms with Crippen LogP contribution in [0.15, 0.2) is 24.3 Å². The van der Waals surface area contributed by atoms with Crippen molar-refractivity contribution in [2.75, 3.05) is 7.11 Å². The zero-order valence-corrected chi connectivity index (χ0v) is 9.44. The van der Waals surface area contributed by atoms with E-state index in [-0.39, 0.29) is 17.3 Å². The number of benzene rings is 1. The molecule has 0 N–H and O–H groups in total. The molecule has 0 atom stereocenters. The summed E-state index contributed by atoms with van der Waals surface area (Å²) in [6.07, 6.45) is 2.86. The molecule has 92 valence electrons. The van der Waals surface area contributed by atoms with E-state index < -0.39 is 6.61 Å². The number of allylic oxidation sites excluding steroid dienone is 1. The van der Waals surface area contributed by atoms with Crippen molar-refractivity contribution >= 4 is 11.9 Å². The Morgan fingerprint density at radius 2 is 2.06 bits per heavy atom. The first-order chi connectivity index (χ1) is 8.02. The normalized spacial score (nSPS) is 10.9. The highest BCUT2D eigenvalue weighted by atomic mass is 19.3. The highest BCUT2D eigenvalue weighted by Gasteiger charge is 2.10. The van der Waals surface area contributed by atoms with E-state index in [4.69, 9.17) is 4.74 Å². The summed E-state index contributed by atoms with van der Waals surface area (Å²) in [5.41, 5.74) is 0.580. The largest absolute Gasteiger partial charge is 0.493 e.